The van der Waals surface area contributed by atoms with Gasteiger partial charge < -0.3 is 5.73 Å². The van der Waals surface area contributed by atoms with E-state index in [1.165, 1.54) is 16.4 Å². The minimum atomic E-state index is -3.91. The highest BCUT2D eigenvalue weighted by molar-refractivity contribution is 7.89. The fraction of sp³-hybridized carbons (Fsp3) is 0.538. The van der Waals surface area contributed by atoms with Gasteiger partial charge in [-0.05, 0) is 43.9 Å². The molecule has 1 atom stereocenters. The van der Waals surface area contributed by atoms with E-state index in [9.17, 15) is 18.5 Å². The molecule has 22 heavy (non-hydrogen) atoms. The number of hydrogen-bond donors (Lipinski definition) is 1. The lowest BCUT2D eigenvalue weighted by atomic mass is 9.96. The van der Waals surface area contributed by atoms with Crippen molar-refractivity contribution in [1.82, 2.24) is 4.31 Å². The Kier molecular flexibility index (Phi) is 5.38. The summed E-state index contributed by atoms with van der Waals surface area (Å²) in [6.07, 6.45) is 2.39. The summed E-state index contributed by atoms with van der Waals surface area (Å²) in [6, 6.07) is 3.61. The van der Waals surface area contributed by atoms with Gasteiger partial charge >= 0.3 is 0 Å². The number of nitrogens with zero attached hydrogens (tertiary/aromatic N) is 2. The molecule has 1 fully saturated rings. The Morgan fingerprint density at radius 1 is 1.45 bits per heavy atom. The summed E-state index contributed by atoms with van der Waals surface area (Å²) < 4.78 is 26.8. The molecular formula is C13H18ClN3O4S. The van der Waals surface area contributed by atoms with E-state index in [4.69, 9.17) is 17.3 Å². The van der Waals surface area contributed by atoms with Gasteiger partial charge in [0.1, 0.15) is 0 Å². The molecule has 0 radical (unpaired) electrons. The second kappa shape index (κ2) is 6.91. The lowest BCUT2D eigenvalue weighted by Gasteiger charge is -2.31. The number of benzene rings is 1. The van der Waals surface area contributed by atoms with Gasteiger partial charge in [0.25, 0.3) is 5.69 Å². The number of piperidine rings is 1. The van der Waals surface area contributed by atoms with Gasteiger partial charge in [-0.3, -0.25) is 10.1 Å². The third-order valence-electron chi connectivity index (χ3n) is 3.79. The predicted octanol–water partition coefficient (Wildman–Crippen LogP) is 2.00. The van der Waals surface area contributed by atoms with Crippen LogP contribution in [0.15, 0.2) is 23.1 Å². The molecule has 1 heterocycles. The Morgan fingerprint density at radius 3 is 2.82 bits per heavy atom. The molecule has 0 amide bonds. The van der Waals surface area contributed by atoms with Crippen LogP contribution in [-0.2, 0) is 10.0 Å². The van der Waals surface area contributed by atoms with Crippen LogP contribution in [0.4, 0.5) is 5.69 Å². The Morgan fingerprint density at radius 2 is 2.18 bits per heavy atom. The predicted molar refractivity (Wildman–Crippen MR) is 83.3 cm³/mol. The van der Waals surface area contributed by atoms with Crippen LogP contribution in [-0.4, -0.2) is 37.3 Å². The summed E-state index contributed by atoms with van der Waals surface area (Å²) in [7, 11) is -3.91. The first-order valence-electron chi connectivity index (χ1n) is 7.00. The van der Waals surface area contributed by atoms with Crippen LogP contribution in [0.3, 0.4) is 0 Å². The topological polar surface area (TPSA) is 107 Å². The van der Waals surface area contributed by atoms with E-state index in [0.29, 0.717) is 19.6 Å². The highest BCUT2D eigenvalue weighted by Crippen LogP contribution is 2.32. The summed E-state index contributed by atoms with van der Waals surface area (Å²) in [5.41, 5.74) is 5.04. The van der Waals surface area contributed by atoms with E-state index in [2.05, 4.69) is 0 Å². The molecule has 1 unspecified atom stereocenters. The highest BCUT2D eigenvalue weighted by Gasteiger charge is 2.34. The van der Waals surface area contributed by atoms with Crippen LogP contribution >= 0.6 is 11.6 Å². The van der Waals surface area contributed by atoms with E-state index in [-0.39, 0.29) is 15.8 Å². The van der Waals surface area contributed by atoms with Crippen LogP contribution in [0.1, 0.15) is 19.3 Å². The van der Waals surface area contributed by atoms with Gasteiger partial charge in [0, 0.05) is 24.2 Å². The average Bonchev–Trinajstić information content (AvgIpc) is 2.47. The molecule has 1 aromatic rings. The molecule has 0 aromatic heterocycles. The van der Waals surface area contributed by atoms with Crippen LogP contribution in [0.25, 0.3) is 0 Å². The molecule has 1 saturated heterocycles. The van der Waals surface area contributed by atoms with Gasteiger partial charge in [0.15, 0.2) is 4.90 Å². The second-order valence-corrected chi connectivity index (χ2v) is 7.66. The number of hydrogen-bond acceptors (Lipinski definition) is 5. The third kappa shape index (κ3) is 3.57. The summed E-state index contributed by atoms with van der Waals surface area (Å²) in [6.45, 7) is 1.21. The molecule has 1 aliphatic heterocycles. The van der Waals surface area contributed by atoms with Crippen molar-refractivity contribution in [3.63, 3.8) is 0 Å². The monoisotopic (exact) mass is 347 g/mol. The highest BCUT2D eigenvalue weighted by atomic mass is 35.5. The van der Waals surface area contributed by atoms with Gasteiger partial charge in [-0.2, -0.15) is 4.31 Å². The smallest absolute Gasteiger partial charge is 0.290 e. The Balaban J connectivity index is 2.36. The number of nitrogens with two attached hydrogens (primary N) is 1. The van der Waals surface area contributed by atoms with Gasteiger partial charge in [-0.25, -0.2) is 8.42 Å². The van der Waals surface area contributed by atoms with Crippen molar-refractivity contribution in [2.45, 2.75) is 24.2 Å². The molecular weight excluding hydrogens is 330 g/mol. The maximum Gasteiger partial charge on any atom is 0.290 e. The van der Waals surface area contributed by atoms with E-state index >= 15 is 0 Å². The molecule has 0 aliphatic carbocycles. The maximum absolute atomic E-state index is 12.7. The lowest BCUT2D eigenvalue weighted by Crippen LogP contribution is -2.40. The van der Waals surface area contributed by atoms with Crippen LogP contribution in [0, 0.1) is 16.0 Å². The molecule has 122 valence electrons. The molecule has 7 nitrogen and oxygen atoms in total. The Hall–Kier alpha value is -1.22. The fourth-order valence-electron chi connectivity index (χ4n) is 2.71. The zero-order valence-corrected chi connectivity index (χ0v) is 13.5. The zero-order chi connectivity index (χ0) is 16.3. The first-order chi connectivity index (χ1) is 10.4. The number of nitro benzene ring substituents is 1. The van der Waals surface area contributed by atoms with Crippen LogP contribution in [0.5, 0.6) is 0 Å². The summed E-state index contributed by atoms with van der Waals surface area (Å²) in [5.74, 6) is 0.194. The number of halogens is 1. The van der Waals surface area contributed by atoms with Crippen molar-refractivity contribution in [2.75, 3.05) is 19.6 Å². The standard InChI is InChI=1S/C13H18ClN3O4S/c14-11-3-4-13(12(8-11)17(18)19)22(20,21)16-7-1-2-10(9-16)5-6-15/h3-4,8,10H,1-2,5-7,9,15H2. The Bertz CT molecular complexity index is 663. The third-order valence-corrected chi connectivity index (χ3v) is 5.94. The molecule has 1 aromatic carbocycles. The SMILES string of the molecule is NCCC1CCCN(S(=O)(=O)c2ccc(Cl)cc2[N+](=O)[O-])C1. The number of nitro groups is 1. The largest absolute Gasteiger partial charge is 0.330 e. The second-order valence-electron chi connectivity index (χ2n) is 5.32. The average molecular weight is 348 g/mol. The lowest BCUT2D eigenvalue weighted by molar-refractivity contribution is -0.387. The molecule has 9 heteroatoms. The minimum absolute atomic E-state index is 0.130. The quantitative estimate of drug-likeness (QED) is 0.647. The first-order valence-corrected chi connectivity index (χ1v) is 8.82. The molecule has 0 spiro atoms. The molecule has 0 saturated carbocycles. The minimum Gasteiger partial charge on any atom is -0.330 e. The van der Waals surface area contributed by atoms with Gasteiger partial charge in [-0.1, -0.05) is 11.6 Å². The maximum atomic E-state index is 12.7. The van der Waals surface area contributed by atoms with Crippen LogP contribution < -0.4 is 5.73 Å². The molecule has 1 aliphatic rings. The van der Waals surface area contributed by atoms with E-state index < -0.39 is 20.6 Å². The summed E-state index contributed by atoms with van der Waals surface area (Å²) >= 11 is 5.73. The van der Waals surface area contributed by atoms with Crippen molar-refractivity contribution in [3.05, 3.63) is 33.3 Å². The van der Waals surface area contributed by atoms with E-state index in [1.807, 2.05) is 0 Å². The number of sulfonamides is 1. The van der Waals surface area contributed by atoms with E-state index in [1.54, 1.807) is 0 Å². The zero-order valence-electron chi connectivity index (χ0n) is 11.9. The van der Waals surface area contributed by atoms with Crippen molar-refractivity contribution < 1.29 is 13.3 Å². The van der Waals surface area contributed by atoms with Crippen LogP contribution in [0.2, 0.25) is 5.02 Å². The summed E-state index contributed by atoms with van der Waals surface area (Å²) in [4.78, 5) is 10.1. The van der Waals surface area contributed by atoms with Crippen molar-refractivity contribution in [3.8, 4) is 0 Å². The van der Waals surface area contributed by atoms with Crippen molar-refractivity contribution >= 4 is 27.3 Å². The molecule has 2 N–H and O–H groups in total. The molecule has 2 rings (SSSR count). The van der Waals surface area contributed by atoms with Gasteiger partial charge in [0.2, 0.25) is 10.0 Å². The van der Waals surface area contributed by atoms with Gasteiger partial charge in [-0.15, -0.1) is 0 Å². The van der Waals surface area contributed by atoms with E-state index in [0.717, 1.165) is 25.3 Å². The van der Waals surface area contributed by atoms with Gasteiger partial charge in [0.05, 0.1) is 4.92 Å². The Labute approximate surface area is 134 Å². The first kappa shape index (κ1) is 17.1. The molecule has 0 bridgehead atoms. The normalized spacial score (nSPS) is 20.0. The van der Waals surface area contributed by atoms with Crippen molar-refractivity contribution in [2.24, 2.45) is 11.7 Å². The fourth-order valence-corrected chi connectivity index (χ4v) is 4.57. The summed E-state index contributed by atoms with van der Waals surface area (Å²) in [5, 5.41) is 11.2. The number of rotatable bonds is 5. The van der Waals surface area contributed by atoms with Crippen molar-refractivity contribution in [1.29, 1.82) is 0 Å².